The molecule has 9 nitrogen and oxygen atoms in total. The molecular weight excluding hydrogens is 463 g/mol. The maximum Gasteiger partial charge on any atom is 0.326 e. The number of aromatic nitrogens is 4. The van der Waals surface area contributed by atoms with Gasteiger partial charge in [0, 0.05) is 43.9 Å². The largest absolute Gasteiger partial charge is 0.337 e. The number of amides is 2. The fraction of sp³-hybridized carbons (Fsp3) is 0.308. The molecule has 1 fully saturated rings. The van der Waals surface area contributed by atoms with Crippen LogP contribution in [0.15, 0.2) is 59.4 Å². The number of rotatable bonds is 4. The van der Waals surface area contributed by atoms with E-state index in [1.807, 2.05) is 24.3 Å². The Labute approximate surface area is 205 Å². The van der Waals surface area contributed by atoms with Crippen molar-refractivity contribution in [3.05, 3.63) is 87.9 Å². The number of para-hydroxylation sites is 2. The Morgan fingerprint density at radius 2 is 1.75 bits per heavy atom. The fourth-order valence-corrected chi connectivity index (χ4v) is 5.25. The molecule has 4 heterocycles. The van der Waals surface area contributed by atoms with Gasteiger partial charge in [0.05, 0.1) is 17.6 Å². The minimum atomic E-state index is -0.349. The minimum absolute atomic E-state index is 0.00131. The maximum absolute atomic E-state index is 14.1. The summed E-state index contributed by atoms with van der Waals surface area (Å²) in [6, 6.07) is 15.5. The molecule has 2 amide bonds. The molecule has 2 aromatic heterocycles. The van der Waals surface area contributed by atoms with E-state index in [4.69, 9.17) is 0 Å². The summed E-state index contributed by atoms with van der Waals surface area (Å²) >= 11 is 0. The molecule has 2 aliphatic rings. The second-order valence-electron chi connectivity index (χ2n) is 9.30. The van der Waals surface area contributed by atoms with Gasteiger partial charge in [-0.2, -0.15) is 5.10 Å². The number of likely N-dealkylation sites (tertiary alicyclic amines) is 1. The van der Waals surface area contributed by atoms with Gasteiger partial charge in [-0.25, -0.2) is 9.18 Å². The molecule has 0 atom stereocenters. The lowest BCUT2D eigenvalue weighted by Crippen LogP contribution is -2.40. The third kappa shape index (κ3) is 3.78. The van der Waals surface area contributed by atoms with Gasteiger partial charge in [0.25, 0.3) is 11.8 Å². The smallest absolute Gasteiger partial charge is 0.326 e. The average Bonchev–Trinajstić information content (AvgIpc) is 3.48. The van der Waals surface area contributed by atoms with E-state index in [1.165, 1.54) is 12.1 Å². The molecular formula is C26H25FN6O3. The summed E-state index contributed by atoms with van der Waals surface area (Å²) in [6.07, 6.45) is 1.30. The second-order valence-corrected chi connectivity index (χ2v) is 9.30. The number of halogens is 1. The molecule has 36 heavy (non-hydrogen) atoms. The van der Waals surface area contributed by atoms with Crippen molar-refractivity contribution in [2.24, 2.45) is 0 Å². The molecule has 0 spiro atoms. The highest BCUT2D eigenvalue weighted by Crippen LogP contribution is 2.26. The molecule has 0 radical (unpaired) electrons. The van der Waals surface area contributed by atoms with Crippen LogP contribution in [0, 0.1) is 5.82 Å². The van der Waals surface area contributed by atoms with Gasteiger partial charge in [-0.3, -0.25) is 18.8 Å². The zero-order chi connectivity index (χ0) is 24.8. The fourth-order valence-electron chi connectivity index (χ4n) is 5.25. The quantitative estimate of drug-likeness (QED) is 0.478. The standard InChI is InChI=1S/C26H25FN6O3/c27-19-6-2-1-5-17(19)16-31-13-14-32-23(25(31)35)15-21(29-32)24(34)30-11-9-18(10-12-30)33-22-8-4-3-7-20(22)28-26(33)36/h1-8,15,18H,9-14,16H2,(H,28,36). The first-order valence-corrected chi connectivity index (χ1v) is 12.1. The average molecular weight is 489 g/mol. The second kappa shape index (κ2) is 8.78. The number of hydrogen-bond acceptors (Lipinski definition) is 4. The Balaban J connectivity index is 1.15. The van der Waals surface area contributed by atoms with Crippen LogP contribution >= 0.6 is 0 Å². The lowest BCUT2D eigenvalue weighted by Gasteiger charge is -2.32. The van der Waals surface area contributed by atoms with Crippen molar-refractivity contribution in [1.82, 2.24) is 29.1 Å². The normalized spacial score (nSPS) is 16.5. The molecule has 0 unspecified atom stereocenters. The van der Waals surface area contributed by atoms with Crippen molar-refractivity contribution < 1.29 is 14.0 Å². The zero-order valence-corrected chi connectivity index (χ0v) is 19.6. The molecule has 2 aliphatic heterocycles. The number of hydrogen-bond donors (Lipinski definition) is 1. The van der Waals surface area contributed by atoms with Crippen LogP contribution in [0.25, 0.3) is 11.0 Å². The van der Waals surface area contributed by atoms with Gasteiger partial charge in [0.1, 0.15) is 11.5 Å². The first-order chi connectivity index (χ1) is 17.5. The third-order valence-corrected chi connectivity index (χ3v) is 7.15. The van der Waals surface area contributed by atoms with Crippen LogP contribution < -0.4 is 5.69 Å². The number of aromatic amines is 1. The lowest BCUT2D eigenvalue weighted by atomic mass is 10.0. The van der Waals surface area contributed by atoms with Gasteiger partial charge in [-0.15, -0.1) is 0 Å². The number of piperidine rings is 1. The van der Waals surface area contributed by atoms with Gasteiger partial charge in [0.15, 0.2) is 5.69 Å². The van der Waals surface area contributed by atoms with Gasteiger partial charge < -0.3 is 14.8 Å². The number of carbonyl (C=O) groups is 2. The molecule has 10 heteroatoms. The molecule has 184 valence electrons. The van der Waals surface area contributed by atoms with Crippen LogP contribution in [0.4, 0.5) is 4.39 Å². The van der Waals surface area contributed by atoms with Gasteiger partial charge in [0.2, 0.25) is 0 Å². The third-order valence-electron chi connectivity index (χ3n) is 7.15. The van der Waals surface area contributed by atoms with Crippen molar-refractivity contribution in [2.75, 3.05) is 19.6 Å². The van der Waals surface area contributed by atoms with E-state index in [-0.39, 0.29) is 41.6 Å². The molecule has 2 aromatic carbocycles. The van der Waals surface area contributed by atoms with Gasteiger partial charge in [-0.1, -0.05) is 30.3 Å². The summed E-state index contributed by atoms with van der Waals surface area (Å²) < 4.78 is 17.4. The van der Waals surface area contributed by atoms with E-state index >= 15 is 0 Å². The highest BCUT2D eigenvalue weighted by Gasteiger charge is 2.32. The van der Waals surface area contributed by atoms with E-state index in [9.17, 15) is 18.8 Å². The van der Waals surface area contributed by atoms with Crippen LogP contribution in [-0.4, -0.2) is 60.6 Å². The summed E-state index contributed by atoms with van der Waals surface area (Å²) in [4.78, 5) is 45.0. The molecule has 4 aromatic rings. The zero-order valence-electron chi connectivity index (χ0n) is 19.6. The first kappa shape index (κ1) is 22.3. The SMILES string of the molecule is O=C(c1cc2n(n1)CCN(Cc1ccccc1F)C2=O)N1CCC(n2c(=O)[nH]c3ccccc32)CC1. The minimum Gasteiger partial charge on any atom is -0.337 e. The number of H-pyrrole nitrogens is 1. The number of fused-ring (bicyclic) bond motifs is 2. The van der Waals surface area contributed by atoms with Crippen molar-refractivity contribution in [3.8, 4) is 0 Å². The highest BCUT2D eigenvalue weighted by molar-refractivity contribution is 5.98. The number of nitrogens with zero attached hydrogens (tertiary/aromatic N) is 5. The van der Waals surface area contributed by atoms with E-state index in [1.54, 1.807) is 37.2 Å². The van der Waals surface area contributed by atoms with E-state index < -0.39 is 0 Å². The summed E-state index contributed by atoms with van der Waals surface area (Å²) in [7, 11) is 0. The Morgan fingerprint density at radius 3 is 2.56 bits per heavy atom. The van der Waals surface area contributed by atoms with Gasteiger partial charge in [-0.05, 0) is 31.0 Å². The van der Waals surface area contributed by atoms with Crippen LogP contribution in [0.5, 0.6) is 0 Å². The maximum atomic E-state index is 14.1. The monoisotopic (exact) mass is 488 g/mol. The van der Waals surface area contributed by atoms with Gasteiger partial charge >= 0.3 is 5.69 Å². The molecule has 0 bridgehead atoms. The summed E-state index contributed by atoms with van der Waals surface area (Å²) in [6.45, 7) is 1.98. The Bertz CT molecular complexity index is 1530. The van der Waals surface area contributed by atoms with E-state index in [0.717, 1.165) is 11.0 Å². The van der Waals surface area contributed by atoms with Crippen LogP contribution in [0.3, 0.4) is 0 Å². The number of nitrogens with one attached hydrogen (secondary N) is 1. The number of benzene rings is 2. The Morgan fingerprint density at radius 1 is 1.00 bits per heavy atom. The van der Waals surface area contributed by atoms with E-state index in [2.05, 4.69) is 10.1 Å². The highest BCUT2D eigenvalue weighted by atomic mass is 19.1. The number of imidazole rings is 1. The first-order valence-electron chi connectivity index (χ1n) is 12.1. The van der Waals surface area contributed by atoms with Crippen molar-refractivity contribution >= 4 is 22.8 Å². The number of carbonyl (C=O) groups excluding carboxylic acids is 2. The van der Waals surface area contributed by atoms with Crippen LogP contribution in [0.2, 0.25) is 0 Å². The van der Waals surface area contributed by atoms with Crippen molar-refractivity contribution in [2.45, 2.75) is 32.0 Å². The van der Waals surface area contributed by atoms with Crippen molar-refractivity contribution in [1.29, 1.82) is 0 Å². The summed E-state index contributed by atoms with van der Waals surface area (Å²) in [5.74, 6) is -0.845. The molecule has 0 saturated carbocycles. The lowest BCUT2D eigenvalue weighted by molar-refractivity contribution is 0.0670. The summed E-state index contributed by atoms with van der Waals surface area (Å²) in [5.41, 5.74) is 2.55. The van der Waals surface area contributed by atoms with Crippen molar-refractivity contribution in [3.63, 3.8) is 0 Å². The Hall–Kier alpha value is -4.21. The molecule has 1 saturated heterocycles. The topological polar surface area (TPSA) is 96.2 Å². The molecule has 0 aliphatic carbocycles. The Kier molecular flexibility index (Phi) is 5.43. The van der Waals surface area contributed by atoms with Crippen LogP contribution in [-0.2, 0) is 13.1 Å². The molecule has 6 rings (SSSR count). The predicted octanol–water partition coefficient (Wildman–Crippen LogP) is 2.80. The predicted molar refractivity (Wildman–Crippen MR) is 130 cm³/mol. The molecule has 1 N–H and O–H groups in total. The van der Waals surface area contributed by atoms with Crippen LogP contribution in [0.1, 0.15) is 45.4 Å². The summed E-state index contributed by atoms with van der Waals surface area (Å²) in [5, 5.41) is 4.40. The van der Waals surface area contributed by atoms with E-state index in [0.29, 0.717) is 50.3 Å².